The van der Waals surface area contributed by atoms with E-state index in [4.69, 9.17) is 33.3 Å². The first kappa shape index (κ1) is 26.2. The van der Waals surface area contributed by atoms with Gasteiger partial charge in [0.2, 0.25) is 5.60 Å². The first-order chi connectivity index (χ1) is 14.3. The Bertz CT molecular complexity index is 909. The predicted octanol–water partition coefficient (Wildman–Crippen LogP) is 3.47. The van der Waals surface area contributed by atoms with Crippen molar-refractivity contribution < 1.29 is 33.0 Å². The number of amides is 4. The molecular weight excluding hydrogens is 453 g/mol. The van der Waals surface area contributed by atoms with E-state index in [1.165, 1.54) is 35.0 Å². The van der Waals surface area contributed by atoms with Gasteiger partial charge in [-0.1, -0.05) is 23.8 Å². The molecule has 0 N–H and O–H groups in total. The largest absolute Gasteiger partial charge is 0.463 e. The van der Waals surface area contributed by atoms with Crippen LogP contribution in [0.25, 0.3) is 0 Å². The van der Waals surface area contributed by atoms with Crippen LogP contribution in [0.3, 0.4) is 0 Å². The minimum atomic E-state index is -1.67. The number of rotatable bonds is 6. The predicted molar refractivity (Wildman–Crippen MR) is 116 cm³/mol. The Labute approximate surface area is 189 Å². The molecule has 0 aliphatic carbocycles. The fourth-order valence-corrected chi connectivity index (χ4v) is 2.51. The Morgan fingerprint density at radius 3 is 2.23 bits per heavy atom. The number of esters is 2. The Balaban J connectivity index is 3.50. The summed E-state index contributed by atoms with van der Waals surface area (Å²) in [6, 6.07) is -0.231. The summed E-state index contributed by atoms with van der Waals surface area (Å²) in [6.45, 7) is 4.27. The monoisotopic (exact) mass is 475 g/mol. The lowest BCUT2D eigenvalue weighted by Crippen LogP contribution is -2.49. The lowest BCUT2D eigenvalue weighted by Gasteiger charge is -2.28. The van der Waals surface area contributed by atoms with Crippen LogP contribution in [-0.4, -0.2) is 72.6 Å². The van der Waals surface area contributed by atoms with E-state index >= 15 is 0 Å². The molecule has 170 valence electrons. The van der Waals surface area contributed by atoms with Gasteiger partial charge in [-0.2, -0.15) is 0 Å². The quantitative estimate of drug-likeness (QED) is 0.459. The van der Waals surface area contributed by atoms with Gasteiger partial charge in [0.05, 0.1) is 28.4 Å². The van der Waals surface area contributed by atoms with E-state index in [2.05, 4.69) is 0 Å². The molecule has 0 saturated heterocycles. The van der Waals surface area contributed by atoms with Gasteiger partial charge in [0, 0.05) is 21.1 Å². The summed E-state index contributed by atoms with van der Waals surface area (Å²) in [4.78, 5) is 52.3. The number of urea groups is 2. The van der Waals surface area contributed by atoms with E-state index in [1.807, 2.05) is 0 Å². The molecule has 0 aromatic heterocycles. The first-order valence-corrected chi connectivity index (χ1v) is 9.76. The molecule has 0 aliphatic heterocycles. The third-order valence-electron chi connectivity index (χ3n) is 3.84. The maximum Gasteiger partial charge on any atom is 0.350 e. The highest BCUT2D eigenvalue weighted by Gasteiger charge is 2.36. The zero-order chi connectivity index (χ0) is 24.1. The molecule has 12 heteroatoms. The van der Waals surface area contributed by atoms with Crippen molar-refractivity contribution in [3.8, 4) is 0 Å². The van der Waals surface area contributed by atoms with E-state index in [1.54, 1.807) is 6.92 Å². The number of thiocarbonyl (C=S) groups is 1. The molecule has 1 rings (SSSR count). The number of hydrogen-bond acceptors (Lipinski definition) is 7. The molecule has 9 nitrogen and oxygen atoms in total. The average Bonchev–Trinajstić information content (AvgIpc) is 2.68. The Morgan fingerprint density at radius 2 is 1.74 bits per heavy atom. The number of benzene rings is 1. The van der Waals surface area contributed by atoms with Crippen LogP contribution in [0.1, 0.15) is 31.1 Å². The van der Waals surface area contributed by atoms with Crippen LogP contribution >= 0.6 is 23.8 Å². The van der Waals surface area contributed by atoms with E-state index in [-0.39, 0.29) is 17.2 Å². The SMILES string of the molecule is CCOC(=O)C(C)(C)OC(=O)c1cc(N(C(=O)N(C)C)C(=O)N(C)C=S)c(F)cc1Cl. The van der Waals surface area contributed by atoms with Crippen molar-refractivity contribution in [2.45, 2.75) is 26.4 Å². The van der Waals surface area contributed by atoms with Crippen molar-refractivity contribution in [2.24, 2.45) is 0 Å². The van der Waals surface area contributed by atoms with Crippen molar-refractivity contribution in [2.75, 3.05) is 32.6 Å². The third kappa shape index (κ3) is 6.11. The lowest BCUT2D eigenvalue weighted by atomic mass is 10.1. The average molecular weight is 476 g/mol. The first-order valence-electron chi connectivity index (χ1n) is 8.91. The van der Waals surface area contributed by atoms with Crippen molar-refractivity contribution in [1.82, 2.24) is 9.80 Å². The highest BCUT2D eigenvalue weighted by Crippen LogP contribution is 2.30. The molecule has 0 bridgehead atoms. The molecule has 31 heavy (non-hydrogen) atoms. The highest BCUT2D eigenvalue weighted by molar-refractivity contribution is 7.78. The second kappa shape index (κ2) is 10.5. The topological polar surface area (TPSA) is 96.5 Å². The fraction of sp³-hybridized carbons (Fsp3) is 0.421. The molecular formula is C19H23ClFN3O6S. The minimum absolute atomic E-state index is 0.0678. The summed E-state index contributed by atoms with van der Waals surface area (Å²) in [5.74, 6) is -2.94. The van der Waals surface area contributed by atoms with E-state index in [9.17, 15) is 23.6 Å². The maximum atomic E-state index is 14.7. The number of ether oxygens (including phenoxy) is 2. The van der Waals surface area contributed by atoms with Gasteiger partial charge in [0.15, 0.2) is 0 Å². The van der Waals surface area contributed by atoms with E-state index in [0.29, 0.717) is 4.90 Å². The number of carbonyl (C=O) groups excluding carboxylic acids is 4. The van der Waals surface area contributed by atoms with Crippen LogP contribution < -0.4 is 4.90 Å². The van der Waals surface area contributed by atoms with Crippen LogP contribution in [0.2, 0.25) is 5.02 Å². The number of hydrogen-bond donors (Lipinski definition) is 0. The van der Waals surface area contributed by atoms with E-state index in [0.717, 1.165) is 27.4 Å². The van der Waals surface area contributed by atoms with Crippen LogP contribution in [-0.2, 0) is 14.3 Å². The second-order valence-corrected chi connectivity index (χ2v) is 7.53. The summed E-state index contributed by atoms with van der Waals surface area (Å²) in [5, 5.41) is -0.348. The normalized spacial score (nSPS) is 10.7. The van der Waals surface area contributed by atoms with E-state index < -0.39 is 41.1 Å². The van der Waals surface area contributed by atoms with Gasteiger partial charge in [0.1, 0.15) is 5.82 Å². The number of halogens is 2. The zero-order valence-corrected chi connectivity index (χ0v) is 19.5. The van der Waals surface area contributed by atoms with Crippen LogP contribution in [0, 0.1) is 5.82 Å². The molecule has 0 aliphatic rings. The number of carbonyl (C=O) groups is 4. The fourth-order valence-electron chi connectivity index (χ4n) is 2.19. The van der Waals surface area contributed by atoms with Crippen molar-refractivity contribution in [3.63, 3.8) is 0 Å². The maximum absolute atomic E-state index is 14.7. The van der Waals surface area contributed by atoms with Crippen LogP contribution in [0.15, 0.2) is 12.1 Å². The number of imide groups is 1. The van der Waals surface area contributed by atoms with Crippen LogP contribution in [0.4, 0.5) is 19.7 Å². The van der Waals surface area contributed by atoms with Gasteiger partial charge in [-0.25, -0.2) is 28.5 Å². The molecule has 0 unspecified atom stereocenters. The summed E-state index contributed by atoms with van der Waals surface area (Å²) in [5.41, 5.74) is -1.64. The van der Waals surface area contributed by atoms with Crippen molar-refractivity contribution in [3.05, 3.63) is 28.5 Å². The highest BCUT2D eigenvalue weighted by atomic mass is 35.5. The van der Waals surface area contributed by atoms with Gasteiger partial charge in [-0.05, 0) is 32.9 Å². The Morgan fingerprint density at radius 1 is 1.16 bits per heavy atom. The van der Waals surface area contributed by atoms with Crippen molar-refractivity contribution >= 4 is 59.0 Å². The molecule has 0 atom stereocenters. The smallest absolute Gasteiger partial charge is 0.350 e. The van der Waals surface area contributed by atoms with Gasteiger partial charge in [0.25, 0.3) is 0 Å². The van der Waals surface area contributed by atoms with Crippen LogP contribution in [0.5, 0.6) is 0 Å². The van der Waals surface area contributed by atoms with Crippen molar-refractivity contribution in [1.29, 1.82) is 0 Å². The van der Waals surface area contributed by atoms with Gasteiger partial charge < -0.3 is 14.4 Å². The number of anilines is 1. The molecule has 1 aromatic rings. The summed E-state index contributed by atoms with van der Waals surface area (Å²) < 4.78 is 24.8. The zero-order valence-electron chi connectivity index (χ0n) is 17.9. The van der Waals surface area contributed by atoms with Gasteiger partial charge in [-0.15, -0.1) is 0 Å². The Hall–Kier alpha value is -2.79. The molecule has 0 spiro atoms. The molecule has 0 heterocycles. The summed E-state index contributed by atoms with van der Waals surface area (Å²) >= 11 is 10.7. The van der Waals surface area contributed by atoms with Gasteiger partial charge >= 0.3 is 24.0 Å². The molecule has 0 saturated carbocycles. The Kier molecular flexibility index (Phi) is 8.88. The summed E-state index contributed by atoms with van der Waals surface area (Å²) in [6.07, 6.45) is 0. The van der Waals surface area contributed by atoms with Gasteiger partial charge in [-0.3, -0.25) is 4.90 Å². The standard InChI is InChI=1S/C19H23ClFN3O6S/c1-7-29-16(26)19(2,3)30-15(25)11-8-14(13(21)9-12(11)20)24(17(27)22(4)5)18(28)23(6)10-31/h8-10H,7H2,1-6H3. The molecule has 1 aromatic carbocycles. The second-order valence-electron chi connectivity index (χ2n) is 6.92. The summed E-state index contributed by atoms with van der Waals surface area (Å²) in [7, 11) is 3.98. The number of nitrogens with zero attached hydrogens (tertiary/aromatic N) is 3. The third-order valence-corrected chi connectivity index (χ3v) is 4.47. The molecule has 0 radical (unpaired) electrons. The lowest BCUT2D eigenvalue weighted by molar-refractivity contribution is -0.161. The minimum Gasteiger partial charge on any atom is -0.463 e. The molecule has 4 amide bonds. The molecule has 0 fully saturated rings.